The van der Waals surface area contributed by atoms with Gasteiger partial charge in [-0.15, -0.1) is 34.4 Å². The average Bonchev–Trinajstić information content (AvgIpc) is 3.20. The fourth-order valence-corrected chi connectivity index (χ4v) is 4.94. The Bertz CT molecular complexity index is 928. The maximum Gasteiger partial charge on any atom is 0.260 e. The molecule has 0 aliphatic rings. The van der Waals surface area contributed by atoms with E-state index in [1.807, 2.05) is 43.7 Å². The van der Waals surface area contributed by atoms with Crippen molar-refractivity contribution in [3.63, 3.8) is 0 Å². The highest BCUT2D eigenvalue weighted by Gasteiger charge is 2.17. The highest BCUT2D eigenvalue weighted by Crippen LogP contribution is 2.34. The van der Waals surface area contributed by atoms with E-state index in [4.69, 9.17) is 0 Å². The summed E-state index contributed by atoms with van der Waals surface area (Å²) in [5, 5.41) is 7.42. The van der Waals surface area contributed by atoms with Gasteiger partial charge in [0, 0.05) is 21.9 Å². The van der Waals surface area contributed by atoms with E-state index in [1.54, 1.807) is 11.3 Å². The molecule has 8 heteroatoms. The standard InChI is InChI=1S/C17H19N3O2S3/c1-9(2)18-13(21)8-24-10(3)15-19-16(22)14-11(7-25-17(14)20-15)12-5-4-6-23-12/h4-7,9-10H,8H2,1-3H3,(H,18,21)(H,19,20,22)/t10-/m0/s1. The van der Waals surface area contributed by atoms with Crippen LogP contribution in [0.4, 0.5) is 0 Å². The van der Waals surface area contributed by atoms with Gasteiger partial charge in [0.2, 0.25) is 5.91 Å². The first kappa shape index (κ1) is 18.2. The molecule has 2 N–H and O–H groups in total. The number of aromatic nitrogens is 2. The number of nitrogens with zero attached hydrogens (tertiary/aromatic N) is 1. The monoisotopic (exact) mass is 393 g/mol. The Hall–Kier alpha value is -1.64. The Morgan fingerprint density at radius 2 is 2.16 bits per heavy atom. The molecule has 0 bridgehead atoms. The first-order chi connectivity index (χ1) is 12.0. The molecule has 0 radical (unpaired) electrons. The molecule has 3 aromatic heterocycles. The third-order valence-corrected chi connectivity index (χ3v) is 6.48. The van der Waals surface area contributed by atoms with Gasteiger partial charge in [-0.2, -0.15) is 0 Å². The number of rotatable bonds is 6. The average molecular weight is 394 g/mol. The van der Waals surface area contributed by atoms with Gasteiger partial charge in [0.1, 0.15) is 10.7 Å². The van der Waals surface area contributed by atoms with Crippen LogP contribution in [0.5, 0.6) is 0 Å². The molecule has 0 aliphatic carbocycles. The van der Waals surface area contributed by atoms with Crippen molar-refractivity contribution in [2.45, 2.75) is 32.1 Å². The minimum absolute atomic E-state index is 0.00798. The van der Waals surface area contributed by atoms with Crippen LogP contribution in [0.1, 0.15) is 31.8 Å². The van der Waals surface area contributed by atoms with Crippen molar-refractivity contribution >= 4 is 50.6 Å². The van der Waals surface area contributed by atoms with Gasteiger partial charge in [-0.05, 0) is 32.2 Å². The van der Waals surface area contributed by atoms with Crippen LogP contribution in [0.15, 0.2) is 27.7 Å². The molecule has 5 nitrogen and oxygen atoms in total. The molecule has 1 atom stereocenters. The van der Waals surface area contributed by atoms with Crippen LogP contribution in [-0.4, -0.2) is 27.7 Å². The van der Waals surface area contributed by atoms with Crippen molar-refractivity contribution in [1.29, 1.82) is 0 Å². The predicted molar refractivity (Wildman–Crippen MR) is 108 cm³/mol. The van der Waals surface area contributed by atoms with Crippen LogP contribution in [0, 0.1) is 0 Å². The Morgan fingerprint density at radius 3 is 2.84 bits per heavy atom. The van der Waals surface area contributed by atoms with Gasteiger partial charge >= 0.3 is 0 Å². The lowest BCUT2D eigenvalue weighted by Crippen LogP contribution is -2.31. The summed E-state index contributed by atoms with van der Waals surface area (Å²) in [5.41, 5.74) is 0.815. The summed E-state index contributed by atoms with van der Waals surface area (Å²) in [6.45, 7) is 5.81. The number of H-pyrrole nitrogens is 1. The zero-order chi connectivity index (χ0) is 18.0. The van der Waals surface area contributed by atoms with Crippen LogP contribution in [0.2, 0.25) is 0 Å². The summed E-state index contributed by atoms with van der Waals surface area (Å²) >= 11 is 4.55. The number of thiophene rings is 2. The van der Waals surface area contributed by atoms with Gasteiger partial charge < -0.3 is 10.3 Å². The van der Waals surface area contributed by atoms with Crippen LogP contribution in [0.3, 0.4) is 0 Å². The lowest BCUT2D eigenvalue weighted by molar-refractivity contribution is -0.119. The van der Waals surface area contributed by atoms with Crippen LogP contribution in [0.25, 0.3) is 20.7 Å². The van der Waals surface area contributed by atoms with E-state index in [2.05, 4.69) is 15.3 Å². The third kappa shape index (κ3) is 4.13. The third-order valence-electron chi connectivity index (χ3n) is 3.55. The molecular weight excluding hydrogens is 374 g/mol. The molecule has 132 valence electrons. The minimum Gasteiger partial charge on any atom is -0.353 e. The first-order valence-corrected chi connectivity index (χ1v) is 10.7. The van der Waals surface area contributed by atoms with Crippen molar-refractivity contribution in [2.75, 3.05) is 5.75 Å². The number of carbonyl (C=O) groups excluding carboxylic acids is 1. The summed E-state index contributed by atoms with van der Waals surface area (Å²) in [5.74, 6) is 0.942. The lowest BCUT2D eigenvalue weighted by Gasteiger charge is -2.12. The van der Waals surface area contributed by atoms with E-state index >= 15 is 0 Å². The van der Waals surface area contributed by atoms with Crippen molar-refractivity contribution < 1.29 is 4.79 Å². The number of nitrogens with one attached hydrogen (secondary N) is 2. The minimum atomic E-state index is -0.122. The summed E-state index contributed by atoms with van der Waals surface area (Å²) < 4.78 is 0. The molecule has 25 heavy (non-hydrogen) atoms. The zero-order valence-electron chi connectivity index (χ0n) is 14.2. The number of fused-ring (bicyclic) bond motifs is 1. The molecule has 0 aromatic carbocycles. The maximum atomic E-state index is 12.6. The first-order valence-electron chi connectivity index (χ1n) is 7.92. The van der Waals surface area contributed by atoms with E-state index in [1.165, 1.54) is 23.1 Å². The Morgan fingerprint density at radius 1 is 1.36 bits per heavy atom. The zero-order valence-corrected chi connectivity index (χ0v) is 16.6. The van der Waals surface area contributed by atoms with Crippen molar-refractivity contribution in [3.8, 4) is 10.4 Å². The van der Waals surface area contributed by atoms with E-state index in [0.717, 1.165) is 15.3 Å². The highest BCUT2D eigenvalue weighted by molar-refractivity contribution is 8.00. The summed E-state index contributed by atoms with van der Waals surface area (Å²) in [4.78, 5) is 33.7. The number of aromatic amines is 1. The van der Waals surface area contributed by atoms with E-state index in [9.17, 15) is 9.59 Å². The molecule has 1 amide bonds. The molecule has 0 fully saturated rings. The quantitative estimate of drug-likeness (QED) is 0.663. The van der Waals surface area contributed by atoms with E-state index in [0.29, 0.717) is 17.0 Å². The fourth-order valence-electron chi connectivity index (χ4n) is 2.41. The van der Waals surface area contributed by atoms with Crippen LogP contribution in [-0.2, 0) is 4.79 Å². The van der Waals surface area contributed by atoms with Crippen molar-refractivity contribution in [1.82, 2.24) is 15.3 Å². The second kappa shape index (κ2) is 7.72. The van der Waals surface area contributed by atoms with Gasteiger partial charge in [0.25, 0.3) is 5.56 Å². The van der Waals surface area contributed by atoms with Gasteiger partial charge in [-0.1, -0.05) is 6.07 Å². The second-order valence-corrected chi connectivity index (χ2v) is 9.07. The number of thioether (sulfide) groups is 1. The van der Waals surface area contributed by atoms with Gasteiger partial charge in [0.05, 0.1) is 16.4 Å². The SMILES string of the molecule is CC(C)NC(=O)CS[C@@H](C)c1nc2scc(-c3cccs3)c2c(=O)[nH]1. The van der Waals surface area contributed by atoms with Crippen molar-refractivity contribution in [3.05, 3.63) is 39.1 Å². The van der Waals surface area contributed by atoms with Gasteiger partial charge in [-0.3, -0.25) is 9.59 Å². The summed E-state index contributed by atoms with van der Waals surface area (Å²) in [6, 6.07) is 4.10. The normalized spacial score (nSPS) is 12.6. The van der Waals surface area contributed by atoms with Crippen LogP contribution >= 0.6 is 34.4 Å². The molecular formula is C17H19N3O2S3. The summed E-state index contributed by atoms with van der Waals surface area (Å²) in [6.07, 6.45) is 0. The molecule has 0 unspecified atom stereocenters. The van der Waals surface area contributed by atoms with Crippen molar-refractivity contribution in [2.24, 2.45) is 0 Å². The largest absolute Gasteiger partial charge is 0.353 e. The maximum absolute atomic E-state index is 12.6. The molecule has 0 aliphatic heterocycles. The molecule has 0 spiro atoms. The Labute approximate surface area is 157 Å². The molecule has 3 rings (SSSR count). The van der Waals surface area contributed by atoms with Gasteiger partial charge in [0.15, 0.2) is 0 Å². The lowest BCUT2D eigenvalue weighted by atomic mass is 10.2. The van der Waals surface area contributed by atoms with Crippen LogP contribution < -0.4 is 10.9 Å². The number of hydrogen-bond acceptors (Lipinski definition) is 6. The molecule has 0 saturated carbocycles. The van der Waals surface area contributed by atoms with E-state index in [-0.39, 0.29) is 22.8 Å². The predicted octanol–water partition coefficient (Wildman–Crippen LogP) is 4.03. The molecule has 0 saturated heterocycles. The van der Waals surface area contributed by atoms with E-state index < -0.39 is 0 Å². The molecule has 3 aromatic rings. The highest BCUT2D eigenvalue weighted by atomic mass is 32.2. The second-order valence-electron chi connectivity index (χ2n) is 5.93. The summed E-state index contributed by atoms with van der Waals surface area (Å²) in [7, 11) is 0. The number of hydrogen-bond donors (Lipinski definition) is 2. The number of amides is 1. The molecule has 3 heterocycles. The topological polar surface area (TPSA) is 74.8 Å². The number of carbonyl (C=O) groups is 1. The Kier molecular flexibility index (Phi) is 5.61. The smallest absolute Gasteiger partial charge is 0.260 e. The fraction of sp³-hybridized carbons (Fsp3) is 0.353. The Balaban J connectivity index is 1.82. The van der Waals surface area contributed by atoms with Gasteiger partial charge in [-0.25, -0.2) is 4.98 Å².